The van der Waals surface area contributed by atoms with Crippen molar-refractivity contribution in [2.24, 2.45) is 4.99 Å². The second-order valence-corrected chi connectivity index (χ2v) is 7.70. The van der Waals surface area contributed by atoms with E-state index in [4.69, 9.17) is 16.6 Å². The Labute approximate surface area is 157 Å². The Balaban J connectivity index is 1.87. The molecule has 0 unspecified atom stereocenters. The van der Waals surface area contributed by atoms with Crippen molar-refractivity contribution in [3.05, 3.63) is 52.5 Å². The molecule has 1 aliphatic heterocycles. The van der Waals surface area contributed by atoms with Crippen LogP contribution in [0.1, 0.15) is 22.8 Å². The fourth-order valence-electron chi connectivity index (χ4n) is 2.56. The monoisotopic (exact) mass is 373 g/mol. The van der Waals surface area contributed by atoms with Crippen LogP contribution in [-0.4, -0.2) is 43.7 Å². The van der Waals surface area contributed by atoms with Crippen molar-refractivity contribution >= 4 is 40.7 Å². The zero-order valence-corrected chi connectivity index (χ0v) is 16.0. The zero-order valence-electron chi connectivity index (χ0n) is 14.5. The maximum Gasteiger partial charge on any atom is 0.251 e. The summed E-state index contributed by atoms with van der Waals surface area (Å²) >= 11 is 7.77. The summed E-state index contributed by atoms with van der Waals surface area (Å²) in [7, 11) is 3.96. The van der Waals surface area contributed by atoms with Crippen LogP contribution in [0.15, 0.2) is 51.2 Å². The fourth-order valence-corrected chi connectivity index (χ4v) is 3.77. The van der Waals surface area contributed by atoms with Crippen molar-refractivity contribution in [1.29, 1.82) is 0 Å². The molecule has 3 rings (SSSR count). The van der Waals surface area contributed by atoms with E-state index in [1.165, 1.54) is 0 Å². The highest BCUT2D eigenvalue weighted by Gasteiger charge is 2.17. The lowest BCUT2D eigenvalue weighted by Gasteiger charge is -2.11. The number of amides is 1. The molecule has 6 heteroatoms. The summed E-state index contributed by atoms with van der Waals surface area (Å²) in [5.74, 6) is -0.0766. The second kappa shape index (κ2) is 7.60. The Morgan fingerprint density at radius 3 is 2.72 bits per heavy atom. The summed E-state index contributed by atoms with van der Waals surface area (Å²) in [6.07, 6.45) is 0. The smallest absolute Gasteiger partial charge is 0.251 e. The van der Waals surface area contributed by atoms with E-state index in [9.17, 15) is 4.79 Å². The molecular formula is C19H20ClN3OS. The van der Waals surface area contributed by atoms with Gasteiger partial charge in [-0.05, 0) is 57.4 Å². The first kappa shape index (κ1) is 18.0. The maximum atomic E-state index is 12.3. The lowest BCUT2D eigenvalue weighted by Crippen LogP contribution is -2.31. The molecule has 4 nitrogen and oxygen atoms in total. The van der Waals surface area contributed by atoms with E-state index in [1.807, 2.05) is 62.3 Å². The molecule has 2 aromatic carbocycles. The number of benzene rings is 2. The predicted molar refractivity (Wildman–Crippen MR) is 105 cm³/mol. The van der Waals surface area contributed by atoms with Crippen LogP contribution < -0.4 is 5.32 Å². The maximum absolute atomic E-state index is 12.3. The Morgan fingerprint density at radius 1 is 1.20 bits per heavy atom. The van der Waals surface area contributed by atoms with Crippen LogP contribution in [0.2, 0.25) is 5.02 Å². The van der Waals surface area contributed by atoms with E-state index in [0.717, 1.165) is 33.3 Å². The first-order chi connectivity index (χ1) is 11.9. The minimum absolute atomic E-state index is 0.0766. The van der Waals surface area contributed by atoms with Gasteiger partial charge < -0.3 is 10.2 Å². The van der Waals surface area contributed by atoms with Gasteiger partial charge in [0.1, 0.15) is 0 Å². The van der Waals surface area contributed by atoms with Crippen LogP contribution in [0.3, 0.4) is 0 Å². The average molecular weight is 374 g/mol. The van der Waals surface area contributed by atoms with Gasteiger partial charge in [0.25, 0.3) is 5.91 Å². The molecule has 0 spiro atoms. The van der Waals surface area contributed by atoms with Gasteiger partial charge in [-0.15, -0.1) is 0 Å². The average Bonchev–Trinajstić information content (AvgIpc) is 2.70. The van der Waals surface area contributed by atoms with Crippen LogP contribution in [-0.2, 0) is 0 Å². The third-order valence-electron chi connectivity index (χ3n) is 3.91. The number of carbonyl (C=O) groups is 1. The predicted octanol–water partition coefficient (Wildman–Crippen LogP) is 4.24. The highest BCUT2D eigenvalue weighted by atomic mass is 35.5. The van der Waals surface area contributed by atoms with Crippen LogP contribution >= 0.6 is 23.4 Å². The topological polar surface area (TPSA) is 44.7 Å². The van der Waals surface area contributed by atoms with Crippen LogP contribution in [0, 0.1) is 0 Å². The van der Waals surface area contributed by atoms with Crippen molar-refractivity contribution in [3.8, 4) is 0 Å². The Hall–Kier alpha value is -1.82. The van der Waals surface area contributed by atoms with Gasteiger partial charge in [-0.3, -0.25) is 9.79 Å². The number of rotatable bonds is 4. The Bertz CT molecular complexity index is 849. The van der Waals surface area contributed by atoms with Crippen molar-refractivity contribution < 1.29 is 4.79 Å². The van der Waals surface area contributed by atoms with Crippen molar-refractivity contribution in [2.45, 2.75) is 16.7 Å². The molecule has 25 heavy (non-hydrogen) atoms. The van der Waals surface area contributed by atoms with Gasteiger partial charge in [-0.1, -0.05) is 23.4 Å². The molecule has 0 fully saturated rings. The van der Waals surface area contributed by atoms with E-state index >= 15 is 0 Å². The molecule has 2 aromatic rings. The molecule has 1 N–H and O–H groups in total. The zero-order chi connectivity index (χ0) is 18.0. The van der Waals surface area contributed by atoms with Gasteiger partial charge in [0, 0.05) is 44.7 Å². The van der Waals surface area contributed by atoms with Gasteiger partial charge in [0.05, 0.1) is 5.69 Å². The molecule has 0 atom stereocenters. The van der Waals surface area contributed by atoms with Gasteiger partial charge in [0.2, 0.25) is 0 Å². The highest BCUT2D eigenvalue weighted by Crippen LogP contribution is 2.41. The van der Waals surface area contributed by atoms with Crippen LogP contribution in [0.25, 0.3) is 0 Å². The SMILES string of the molecule is CC1=Nc2cc(C(=O)NCCN(C)C)ccc2Sc2ccc(Cl)cc21. The molecule has 0 aliphatic carbocycles. The summed E-state index contributed by atoms with van der Waals surface area (Å²) in [6, 6.07) is 11.5. The molecule has 0 saturated heterocycles. The fraction of sp³-hybridized carbons (Fsp3) is 0.263. The standard InChI is InChI=1S/C19H20ClN3OS/c1-12-15-11-14(20)5-7-17(15)25-18-6-4-13(10-16(18)22-12)19(24)21-8-9-23(2)3/h4-7,10-11H,8-9H2,1-3H3,(H,21,24). The lowest BCUT2D eigenvalue weighted by molar-refractivity contribution is 0.0951. The number of nitrogens with one attached hydrogen (secondary N) is 1. The molecule has 1 amide bonds. The number of nitrogens with zero attached hydrogens (tertiary/aromatic N) is 2. The molecule has 0 radical (unpaired) electrons. The van der Waals surface area contributed by atoms with Crippen molar-refractivity contribution in [3.63, 3.8) is 0 Å². The Kier molecular flexibility index (Phi) is 5.47. The third kappa shape index (κ3) is 4.24. The minimum atomic E-state index is -0.0766. The molecule has 0 saturated carbocycles. The van der Waals surface area contributed by atoms with E-state index in [2.05, 4.69) is 5.32 Å². The summed E-state index contributed by atoms with van der Waals surface area (Å²) in [5, 5.41) is 3.63. The molecule has 130 valence electrons. The number of hydrogen-bond acceptors (Lipinski definition) is 4. The van der Waals surface area contributed by atoms with Crippen molar-refractivity contribution in [2.75, 3.05) is 27.2 Å². The Morgan fingerprint density at radius 2 is 1.96 bits per heavy atom. The minimum Gasteiger partial charge on any atom is -0.351 e. The number of carbonyl (C=O) groups excluding carboxylic acids is 1. The normalized spacial score (nSPS) is 12.9. The summed E-state index contributed by atoms with van der Waals surface area (Å²) < 4.78 is 0. The first-order valence-electron chi connectivity index (χ1n) is 8.04. The van der Waals surface area contributed by atoms with Gasteiger partial charge >= 0.3 is 0 Å². The number of halogens is 1. The van der Waals surface area contributed by atoms with E-state index in [0.29, 0.717) is 17.1 Å². The quantitative estimate of drug-likeness (QED) is 0.871. The largest absolute Gasteiger partial charge is 0.351 e. The van der Waals surface area contributed by atoms with E-state index in [-0.39, 0.29) is 5.91 Å². The molecule has 1 aliphatic rings. The second-order valence-electron chi connectivity index (χ2n) is 6.18. The lowest BCUT2D eigenvalue weighted by atomic mass is 10.1. The third-order valence-corrected chi connectivity index (χ3v) is 5.28. The number of hydrogen-bond donors (Lipinski definition) is 1. The van der Waals surface area contributed by atoms with Gasteiger partial charge in [-0.25, -0.2) is 0 Å². The van der Waals surface area contributed by atoms with E-state index < -0.39 is 0 Å². The van der Waals surface area contributed by atoms with Crippen molar-refractivity contribution in [1.82, 2.24) is 10.2 Å². The molecule has 1 heterocycles. The summed E-state index contributed by atoms with van der Waals surface area (Å²) in [4.78, 5) is 21.2. The van der Waals surface area contributed by atoms with E-state index in [1.54, 1.807) is 11.8 Å². The number of likely N-dealkylation sites (N-methyl/N-ethyl adjacent to an activating group) is 1. The highest BCUT2D eigenvalue weighted by molar-refractivity contribution is 7.99. The summed E-state index contributed by atoms with van der Waals surface area (Å²) in [6.45, 7) is 3.39. The van der Waals surface area contributed by atoms with Gasteiger partial charge in [-0.2, -0.15) is 0 Å². The summed E-state index contributed by atoms with van der Waals surface area (Å²) in [5.41, 5.74) is 3.37. The van der Waals surface area contributed by atoms with Gasteiger partial charge in [0.15, 0.2) is 0 Å². The first-order valence-corrected chi connectivity index (χ1v) is 9.23. The number of aliphatic imine (C=N–C) groups is 1. The molecular weight excluding hydrogens is 354 g/mol. The molecule has 0 bridgehead atoms. The molecule has 0 aromatic heterocycles. The number of fused-ring (bicyclic) bond motifs is 2. The van der Waals surface area contributed by atoms with Crippen LogP contribution in [0.5, 0.6) is 0 Å². The van der Waals surface area contributed by atoms with Crippen LogP contribution in [0.4, 0.5) is 5.69 Å².